The number of aliphatic hydroxyl groups is 1. The number of rotatable bonds is 10. The first kappa shape index (κ1) is 28.3. The summed E-state index contributed by atoms with van der Waals surface area (Å²) >= 11 is 18.3. The molecule has 0 radical (unpaired) electrons. The van der Waals surface area contributed by atoms with Gasteiger partial charge in [-0.25, -0.2) is 4.79 Å². The number of carbonyl (C=O) groups excluding carboxylic acids is 2. The highest BCUT2D eigenvalue weighted by molar-refractivity contribution is 6.42. The Hall–Kier alpha value is -2.23. The van der Waals surface area contributed by atoms with Crippen LogP contribution in [0.4, 0.5) is 0 Å². The van der Waals surface area contributed by atoms with Crippen molar-refractivity contribution in [2.45, 2.75) is 32.0 Å². The lowest BCUT2D eigenvalue weighted by Gasteiger charge is -2.33. The highest BCUT2D eigenvalue weighted by Crippen LogP contribution is 2.33. The summed E-state index contributed by atoms with van der Waals surface area (Å²) < 4.78 is 16.2. The van der Waals surface area contributed by atoms with Gasteiger partial charge in [-0.2, -0.15) is 0 Å². The van der Waals surface area contributed by atoms with Crippen molar-refractivity contribution in [1.29, 1.82) is 0 Å². The number of esters is 1. The van der Waals surface area contributed by atoms with E-state index in [1.54, 1.807) is 6.07 Å². The first-order valence-corrected chi connectivity index (χ1v) is 12.6. The number of hydrogen-bond acceptors (Lipinski definition) is 7. The molecule has 196 valence electrons. The number of methoxy groups -OCH3 is 1. The van der Waals surface area contributed by atoms with E-state index < -0.39 is 18.0 Å². The van der Waals surface area contributed by atoms with Crippen molar-refractivity contribution in [3.8, 4) is 11.5 Å². The summed E-state index contributed by atoms with van der Waals surface area (Å²) in [6, 6.07) is 7.96. The zero-order valence-electron chi connectivity index (χ0n) is 20.1. The van der Waals surface area contributed by atoms with Gasteiger partial charge in [-0.15, -0.1) is 0 Å². The Balaban J connectivity index is 1.37. The number of amides is 1. The number of carbonyl (C=O) groups is 2. The number of benzene rings is 2. The van der Waals surface area contributed by atoms with Crippen LogP contribution in [0.1, 0.15) is 28.8 Å². The molecule has 1 saturated heterocycles. The molecule has 1 atom stereocenters. The van der Waals surface area contributed by atoms with Gasteiger partial charge in [0.2, 0.25) is 0 Å². The van der Waals surface area contributed by atoms with E-state index in [1.165, 1.54) is 25.3 Å². The van der Waals surface area contributed by atoms with Crippen molar-refractivity contribution in [2.75, 3.05) is 39.9 Å². The fourth-order valence-electron chi connectivity index (χ4n) is 3.80. The van der Waals surface area contributed by atoms with Gasteiger partial charge in [0.05, 0.1) is 33.8 Å². The highest BCUT2D eigenvalue weighted by Gasteiger charge is 2.23. The number of aliphatic hydroxyl groups excluding tert-OH is 1. The summed E-state index contributed by atoms with van der Waals surface area (Å²) in [5.74, 6) is -0.0376. The molecule has 2 aromatic rings. The lowest BCUT2D eigenvalue weighted by atomic mass is 10.1. The minimum absolute atomic E-state index is 0.0516. The van der Waals surface area contributed by atoms with Gasteiger partial charge in [0.25, 0.3) is 5.91 Å². The normalized spacial score (nSPS) is 15.3. The molecule has 11 heteroatoms. The first-order valence-electron chi connectivity index (χ1n) is 11.5. The summed E-state index contributed by atoms with van der Waals surface area (Å²) in [6.45, 7) is 3.59. The minimum atomic E-state index is -0.741. The lowest BCUT2D eigenvalue weighted by molar-refractivity contribution is -0.123. The number of nitrogens with one attached hydrogen (secondary N) is 1. The van der Waals surface area contributed by atoms with Crippen molar-refractivity contribution < 1.29 is 28.9 Å². The van der Waals surface area contributed by atoms with Crippen molar-refractivity contribution in [1.82, 2.24) is 10.2 Å². The second kappa shape index (κ2) is 13.4. The molecule has 0 aliphatic carbocycles. The SMILES string of the molecule is COC(=O)c1ccc(Cl)c(OCC(=O)NC[C@@H](O)CN2CCC(Oc3ccc(Cl)c(Cl)c3C)CC2)c1. The van der Waals surface area contributed by atoms with Crippen LogP contribution in [0.5, 0.6) is 11.5 Å². The maximum atomic E-state index is 12.2. The zero-order valence-corrected chi connectivity index (χ0v) is 22.3. The third-order valence-electron chi connectivity index (χ3n) is 5.83. The molecule has 1 heterocycles. The Morgan fingerprint density at radius 3 is 2.50 bits per heavy atom. The van der Waals surface area contributed by atoms with Gasteiger partial charge in [0, 0.05) is 31.7 Å². The summed E-state index contributed by atoms with van der Waals surface area (Å²) in [7, 11) is 1.27. The molecule has 0 aromatic heterocycles. The molecule has 36 heavy (non-hydrogen) atoms. The van der Waals surface area contributed by atoms with Crippen molar-refractivity contribution in [3.05, 3.63) is 56.5 Å². The van der Waals surface area contributed by atoms with Crippen LogP contribution in [-0.4, -0.2) is 74.0 Å². The number of ether oxygens (including phenoxy) is 3. The summed E-state index contributed by atoms with van der Waals surface area (Å²) in [5, 5.41) is 14.3. The van der Waals surface area contributed by atoms with Crippen LogP contribution < -0.4 is 14.8 Å². The van der Waals surface area contributed by atoms with Crippen LogP contribution in [0.2, 0.25) is 15.1 Å². The fraction of sp³-hybridized carbons (Fsp3) is 0.440. The van der Waals surface area contributed by atoms with E-state index in [-0.39, 0.29) is 35.6 Å². The molecule has 0 saturated carbocycles. The van der Waals surface area contributed by atoms with Gasteiger partial charge in [0.15, 0.2) is 6.61 Å². The van der Waals surface area contributed by atoms with Crippen LogP contribution in [0.25, 0.3) is 0 Å². The third-order valence-corrected chi connectivity index (χ3v) is 7.04. The number of piperidine rings is 1. The monoisotopic (exact) mass is 558 g/mol. The molecule has 8 nitrogen and oxygen atoms in total. The Labute approximate surface area is 225 Å². The second-order valence-electron chi connectivity index (χ2n) is 8.49. The summed E-state index contributed by atoms with van der Waals surface area (Å²) in [6.07, 6.45) is 0.918. The maximum Gasteiger partial charge on any atom is 0.337 e. The van der Waals surface area contributed by atoms with E-state index in [0.717, 1.165) is 37.2 Å². The molecule has 1 fully saturated rings. The third kappa shape index (κ3) is 7.88. The summed E-state index contributed by atoms with van der Waals surface area (Å²) in [5.41, 5.74) is 1.08. The van der Waals surface area contributed by atoms with Crippen molar-refractivity contribution in [2.24, 2.45) is 0 Å². The molecule has 1 aliphatic rings. The average Bonchev–Trinajstić information content (AvgIpc) is 2.88. The number of nitrogens with zero attached hydrogens (tertiary/aromatic N) is 1. The Morgan fingerprint density at radius 2 is 1.81 bits per heavy atom. The highest BCUT2D eigenvalue weighted by atomic mass is 35.5. The van der Waals surface area contributed by atoms with E-state index in [2.05, 4.69) is 15.0 Å². The van der Waals surface area contributed by atoms with Crippen LogP contribution >= 0.6 is 34.8 Å². The zero-order chi connectivity index (χ0) is 26.2. The van der Waals surface area contributed by atoms with Gasteiger partial charge in [-0.3, -0.25) is 4.79 Å². The molecular weight excluding hydrogens is 531 g/mol. The van der Waals surface area contributed by atoms with Crippen molar-refractivity contribution >= 4 is 46.7 Å². The van der Waals surface area contributed by atoms with Gasteiger partial charge in [0.1, 0.15) is 17.6 Å². The first-order chi connectivity index (χ1) is 17.2. The quantitative estimate of drug-likeness (QED) is 0.422. The largest absolute Gasteiger partial charge is 0.490 e. The van der Waals surface area contributed by atoms with Crippen LogP contribution in [0, 0.1) is 6.92 Å². The maximum absolute atomic E-state index is 12.2. The minimum Gasteiger partial charge on any atom is -0.490 e. The van der Waals surface area contributed by atoms with Crippen LogP contribution in [0.3, 0.4) is 0 Å². The van der Waals surface area contributed by atoms with Gasteiger partial charge >= 0.3 is 5.97 Å². The lowest BCUT2D eigenvalue weighted by Crippen LogP contribution is -2.45. The second-order valence-corrected chi connectivity index (χ2v) is 9.68. The molecule has 0 spiro atoms. The molecule has 1 amide bonds. The molecule has 0 bridgehead atoms. The van der Waals surface area contributed by atoms with Gasteiger partial charge < -0.3 is 29.5 Å². The standard InChI is InChI=1S/C25H29Cl3N2O6/c1-15-21(6-5-20(27)24(15)28)36-18-7-9-30(10-8-18)13-17(31)12-29-23(32)14-35-22-11-16(25(33)34-2)3-4-19(22)26/h3-6,11,17-18,31H,7-10,12-14H2,1-2H3,(H,29,32)/t17-/m1/s1. The molecule has 2 aromatic carbocycles. The number of β-amino-alcohol motifs (C(OH)–C–C–N with tert-alkyl or cyclic N) is 1. The summed E-state index contributed by atoms with van der Waals surface area (Å²) in [4.78, 5) is 25.9. The molecule has 1 aliphatic heterocycles. The number of halogens is 3. The van der Waals surface area contributed by atoms with E-state index in [1.807, 2.05) is 13.0 Å². The van der Waals surface area contributed by atoms with E-state index >= 15 is 0 Å². The van der Waals surface area contributed by atoms with Crippen LogP contribution in [-0.2, 0) is 9.53 Å². The Morgan fingerprint density at radius 1 is 1.11 bits per heavy atom. The number of likely N-dealkylation sites (tertiary alicyclic amines) is 1. The van der Waals surface area contributed by atoms with E-state index in [0.29, 0.717) is 16.6 Å². The van der Waals surface area contributed by atoms with E-state index in [4.69, 9.17) is 44.3 Å². The van der Waals surface area contributed by atoms with Crippen LogP contribution in [0.15, 0.2) is 30.3 Å². The predicted molar refractivity (Wildman–Crippen MR) is 139 cm³/mol. The average molecular weight is 560 g/mol. The topological polar surface area (TPSA) is 97.3 Å². The fourth-order valence-corrected chi connectivity index (χ4v) is 4.33. The van der Waals surface area contributed by atoms with Gasteiger partial charge in [-0.05, 0) is 50.1 Å². The Bertz CT molecular complexity index is 1080. The molecule has 2 N–H and O–H groups in total. The molecular formula is C25H29Cl3N2O6. The Kier molecular flexibility index (Phi) is 10.5. The molecule has 0 unspecified atom stereocenters. The molecule has 3 rings (SSSR count). The smallest absolute Gasteiger partial charge is 0.337 e. The van der Waals surface area contributed by atoms with Gasteiger partial charge in [-0.1, -0.05) is 34.8 Å². The van der Waals surface area contributed by atoms with Crippen molar-refractivity contribution in [3.63, 3.8) is 0 Å². The van der Waals surface area contributed by atoms with E-state index in [9.17, 15) is 14.7 Å². The predicted octanol–water partition coefficient (Wildman–Crippen LogP) is 4.14. The number of hydrogen-bond donors (Lipinski definition) is 2.